The third-order valence-corrected chi connectivity index (χ3v) is 3.94. The molecule has 5 heteroatoms. The summed E-state index contributed by atoms with van der Waals surface area (Å²) in [6.07, 6.45) is 2.55. The Hall–Kier alpha value is -3.39. The molecule has 0 unspecified atom stereocenters. The molecule has 0 aliphatic carbocycles. The van der Waals surface area contributed by atoms with Crippen molar-refractivity contribution < 1.29 is 4.79 Å². The van der Waals surface area contributed by atoms with E-state index in [4.69, 9.17) is 5.26 Å². The normalized spacial score (nSPS) is 10.2. The molecule has 3 aromatic rings. The third kappa shape index (κ3) is 3.93. The predicted molar refractivity (Wildman–Crippen MR) is 95.5 cm³/mol. The van der Waals surface area contributed by atoms with Crippen molar-refractivity contribution in [3.63, 3.8) is 0 Å². The zero-order valence-corrected chi connectivity index (χ0v) is 13.9. The molecule has 0 aliphatic heterocycles. The van der Waals surface area contributed by atoms with E-state index in [9.17, 15) is 4.79 Å². The van der Waals surface area contributed by atoms with Crippen molar-refractivity contribution in [1.82, 2.24) is 15.1 Å². The van der Waals surface area contributed by atoms with E-state index < -0.39 is 0 Å². The maximum absolute atomic E-state index is 12.3. The summed E-state index contributed by atoms with van der Waals surface area (Å²) in [4.78, 5) is 12.3. The van der Waals surface area contributed by atoms with Crippen molar-refractivity contribution in [1.29, 1.82) is 5.26 Å². The lowest BCUT2D eigenvalue weighted by molar-refractivity contribution is 0.0953. The van der Waals surface area contributed by atoms with E-state index in [0.29, 0.717) is 24.1 Å². The topological polar surface area (TPSA) is 70.7 Å². The molecule has 5 nitrogen and oxygen atoms in total. The second-order valence-corrected chi connectivity index (χ2v) is 5.73. The molecule has 25 heavy (non-hydrogen) atoms. The number of para-hydroxylation sites is 1. The quantitative estimate of drug-likeness (QED) is 0.781. The van der Waals surface area contributed by atoms with Gasteiger partial charge in [-0.2, -0.15) is 10.4 Å². The van der Waals surface area contributed by atoms with Gasteiger partial charge in [0.2, 0.25) is 0 Å². The Balaban J connectivity index is 1.59. The van der Waals surface area contributed by atoms with Gasteiger partial charge in [0, 0.05) is 24.7 Å². The van der Waals surface area contributed by atoms with Crippen molar-refractivity contribution in [3.8, 4) is 11.8 Å². The molecule has 0 atom stereocenters. The summed E-state index contributed by atoms with van der Waals surface area (Å²) >= 11 is 0. The van der Waals surface area contributed by atoms with Gasteiger partial charge in [0.05, 0.1) is 23.0 Å². The molecule has 1 aromatic heterocycles. The Morgan fingerprint density at radius 2 is 2.00 bits per heavy atom. The summed E-state index contributed by atoms with van der Waals surface area (Å²) in [6, 6.07) is 19.0. The van der Waals surface area contributed by atoms with E-state index >= 15 is 0 Å². The number of carbonyl (C=O) groups is 1. The molecule has 0 fully saturated rings. The van der Waals surface area contributed by atoms with Crippen LogP contribution in [0.2, 0.25) is 0 Å². The van der Waals surface area contributed by atoms with Crippen LogP contribution in [0.3, 0.4) is 0 Å². The number of rotatable bonds is 5. The summed E-state index contributed by atoms with van der Waals surface area (Å²) in [5, 5.41) is 16.4. The molecular formula is C20H18N4O. The zero-order valence-electron chi connectivity index (χ0n) is 13.9. The first-order chi connectivity index (χ1) is 12.2. The average Bonchev–Trinajstić information content (AvgIpc) is 3.11. The molecular weight excluding hydrogens is 312 g/mol. The molecule has 3 rings (SSSR count). The van der Waals surface area contributed by atoms with E-state index in [-0.39, 0.29) is 5.91 Å². The van der Waals surface area contributed by atoms with Crippen molar-refractivity contribution in [3.05, 3.63) is 83.2 Å². The molecule has 0 saturated heterocycles. The lowest BCUT2D eigenvalue weighted by Crippen LogP contribution is -2.26. The molecule has 1 amide bonds. The first-order valence-electron chi connectivity index (χ1n) is 8.06. The van der Waals surface area contributed by atoms with E-state index in [1.54, 1.807) is 18.2 Å². The van der Waals surface area contributed by atoms with Gasteiger partial charge in [-0.15, -0.1) is 0 Å². The molecule has 0 radical (unpaired) electrons. The summed E-state index contributed by atoms with van der Waals surface area (Å²) in [6.45, 7) is 2.35. The van der Waals surface area contributed by atoms with Gasteiger partial charge in [-0.1, -0.05) is 24.3 Å². The largest absolute Gasteiger partial charge is 0.352 e. The Labute approximate surface area is 146 Å². The summed E-state index contributed by atoms with van der Waals surface area (Å²) in [7, 11) is 0. The van der Waals surface area contributed by atoms with Gasteiger partial charge in [0.15, 0.2) is 0 Å². The molecule has 1 N–H and O–H groups in total. The number of amides is 1. The third-order valence-electron chi connectivity index (χ3n) is 3.94. The number of hydrogen-bond acceptors (Lipinski definition) is 3. The molecule has 0 spiro atoms. The summed E-state index contributed by atoms with van der Waals surface area (Å²) in [5.41, 5.74) is 3.78. The average molecular weight is 330 g/mol. The zero-order chi connectivity index (χ0) is 17.6. The summed E-state index contributed by atoms with van der Waals surface area (Å²) in [5.74, 6) is -0.169. The highest BCUT2D eigenvalue weighted by atomic mass is 16.1. The van der Waals surface area contributed by atoms with Gasteiger partial charge in [0.1, 0.15) is 0 Å². The van der Waals surface area contributed by atoms with E-state index in [1.807, 2.05) is 54.2 Å². The Morgan fingerprint density at radius 1 is 1.20 bits per heavy atom. The number of aryl methyl sites for hydroxylation is 1. The highest BCUT2D eigenvalue weighted by Gasteiger charge is 2.10. The van der Waals surface area contributed by atoms with Crippen molar-refractivity contribution >= 4 is 5.91 Å². The van der Waals surface area contributed by atoms with Crippen LogP contribution in [0, 0.1) is 18.3 Å². The molecule has 2 aromatic carbocycles. The fraction of sp³-hybridized carbons (Fsp3) is 0.150. The summed E-state index contributed by atoms with van der Waals surface area (Å²) < 4.78 is 1.82. The van der Waals surface area contributed by atoms with Crippen LogP contribution < -0.4 is 5.32 Å². The Kier molecular flexibility index (Phi) is 4.91. The SMILES string of the molecule is Cc1ccc(C#N)cc1C(=O)NCCc1ccn(-c2ccccc2)n1. The maximum Gasteiger partial charge on any atom is 0.251 e. The van der Waals surface area contributed by atoms with Crippen LogP contribution in [0.4, 0.5) is 0 Å². The van der Waals surface area contributed by atoms with Gasteiger partial charge in [-0.25, -0.2) is 4.68 Å². The number of carbonyl (C=O) groups excluding carboxylic acids is 1. The van der Waals surface area contributed by atoms with E-state index in [2.05, 4.69) is 16.5 Å². The van der Waals surface area contributed by atoms with Crippen molar-refractivity contribution in [2.45, 2.75) is 13.3 Å². The fourth-order valence-corrected chi connectivity index (χ4v) is 2.56. The highest BCUT2D eigenvalue weighted by molar-refractivity contribution is 5.95. The molecule has 1 heterocycles. The standard InChI is InChI=1S/C20H18N4O/c1-15-7-8-16(14-21)13-19(15)20(25)22-11-9-17-10-12-24(23-17)18-5-3-2-4-6-18/h2-8,10,12-13H,9,11H2,1H3,(H,22,25). The van der Waals surface area contributed by atoms with Crippen LogP contribution in [0.25, 0.3) is 5.69 Å². The van der Waals surface area contributed by atoms with Crippen LogP contribution in [0.15, 0.2) is 60.8 Å². The van der Waals surface area contributed by atoms with Crippen LogP contribution in [0.5, 0.6) is 0 Å². The van der Waals surface area contributed by atoms with Crippen molar-refractivity contribution in [2.24, 2.45) is 0 Å². The predicted octanol–water partition coefficient (Wildman–Crippen LogP) is 3.02. The minimum Gasteiger partial charge on any atom is -0.352 e. The molecule has 0 saturated carbocycles. The number of aromatic nitrogens is 2. The number of nitrogens with zero attached hydrogens (tertiary/aromatic N) is 3. The monoisotopic (exact) mass is 330 g/mol. The molecule has 0 aliphatic rings. The van der Waals surface area contributed by atoms with Crippen LogP contribution in [0.1, 0.15) is 27.2 Å². The highest BCUT2D eigenvalue weighted by Crippen LogP contribution is 2.11. The lowest BCUT2D eigenvalue weighted by Gasteiger charge is -2.07. The van der Waals surface area contributed by atoms with Gasteiger partial charge in [-0.05, 0) is 42.8 Å². The Bertz CT molecular complexity index is 922. The minimum atomic E-state index is -0.169. The fourth-order valence-electron chi connectivity index (χ4n) is 2.56. The first-order valence-corrected chi connectivity index (χ1v) is 8.06. The maximum atomic E-state index is 12.3. The number of nitrogens with one attached hydrogen (secondary N) is 1. The molecule has 124 valence electrons. The van der Waals surface area contributed by atoms with Gasteiger partial charge >= 0.3 is 0 Å². The van der Waals surface area contributed by atoms with E-state index in [1.165, 1.54) is 0 Å². The van der Waals surface area contributed by atoms with Crippen LogP contribution in [-0.4, -0.2) is 22.2 Å². The van der Waals surface area contributed by atoms with Gasteiger partial charge in [0.25, 0.3) is 5.91 Å². The van der Waals surface area contributed by atoms with Gasteiger partial charge in [-0.3, -0.25) is 4.79 Å². The second-order valence-electron chi connectivity index (χ2n) is 5.73. The van der Waals surface area contributed by atoms with E-state index in [0.717, 1.165) is 16.9 Å². The first kappa shape index (κ1) is 16.5. The van der Waals surface area contributed by atoms with Crippen molar-refractivity contribution in [2.75, 3.05) is 6.54 Å². The smallest absolute Gasteiger partial charge is 0.251 e. The van der Waals surface area contributed by atoms with Crippen LogP contribution in [-0.2, 0) is 6.42 Å². The number of hydrogen-bond donors (Lipinski definition) is 1. The number of nitriles is 1. The number of benzene rings is 2. The second kappa shape index (κ2) is 7.45. The lowest BCUT2D eigenvalue weighted by atomic mass is 10.0. The minimum absolute atomic E-state index is 0.169. The van der Waals surface area contributed by atoms with Gasteiger partial charge < -0.3 is 5.32 Å². The molecule has 0 bridgehead atoms. The van der Waals surface area contributed by atoms with Crippen LogP contribution >= 0.6 is 0 Å². The Morgan fingerprint density at radius 3 is 2.76 bits per heavy atom.